The largest absolute Gasteiger partial charge is 0.305 e. The molecule has 3 heterocycles. The van der Waals surface area contributed by atoms with Crippen molar-refractivity contribution in [3.63, 3.8) is 0 Å². The number of aromatic nitrogens is 4. The standard InChI is InChI=1S/C24H21N5OS2/c1-28-23(18-10-7-13-25-14-18)26-27-24(28)32-16-22(30)29-19-11-5-6-12-21(19)31-15-20(29)17-8-3-2-4-9-17/h2-14,20H,15-16H2,1H3/t20-/m1/s1. The average molecular weight is 460 g/mol. The van der Waals surface area contributed by atoms with E-state index in [1.165, 1.54) is 11.8 Å². The van der Waals surface area contributed by atoms with Crippen LogP contribution < -0.4 is 4.90 Å². The molecule has 0 unspecified atom stereocenters. The number of pyridine rings is 1. The van der Waals surface area contributed by atoms with Crippen LogP contribution in [0.2, 0.25) is 0 Å². The zero-order chi connectivity index (χ0) is 21.9. The predicted molar refractivity (Wildman–Crippen MR) is 129 cm³/mol. The van der Waals surface area contributed by atoms with Crippen molar-refractivity contribution in [1.29, 1.82) is 0 Å². The highest BCUT2D eigenvalue weighted by Crippen LogP contribution is 2.43. The number of para-hydroxylation sites is 1. The second kappa shape index (κ2) is 9.18. The molecule has 0 saturated heterocycles. The molecule has 0 radical (unpaired) electrons. The van der Waals surface area contributed by atoms with Gasteiger partial charge in [0.1, 0.15) is 0 Å². The van der Waals surface area contributed by atoms with Crippen molar-refractivity contribution < 1.29 is 4.79 Å². The molecule has 1 amide bonds. The smallest absolute Gasteiger partial charge is 0.238 e. The first-order chi connectivity index (χ1) is 15.7. The zero-order valence-corrected chi connectivity index (χ0v) is 19.1. The van der Waals surface area contributed by atoms with Gasteiger partial charge >= 0.3 is 0 Å². The first-order valence-corrected chi connectivity index (χ1v) is 12.2. The van der Waals surface area contributed by atoms with E-state index in [0.29, 0.717) is 5.16 Å². The van der Waals surface area contributed by atoms with Gasteiger partial charge in [0.25, 0.3) is 0 Å². The Bertz CT molecular complexity index is 1230. The number of carbonyl (C=O) groups excluding carboxylic acids is 1. The van der Waals surface area contributed by atoms with Crippen LogP contribution >= 0.6 is 23.5 Å². The lowest BCUT2D eigenvalue weighted by atomic mass is 10.1. The highest BCUT2D eigenvalue weighted by Gasteiger charge is 2.32. The number of amides is 1. The third-order valence-corrected chi connectivity index (χ3v) is 7.51. The summed E-state index contributed by atoms with van der Waals surface area (Å²) in [5, 5.41) is 9.30. The molecular formula is C24H21N5OS2. The summed E-state index contributed by atoms with van der Waals surface area (Å²) in [6.45, 7) is 0. The van der Waals surface area contributed by atoms with Gasteiger partial charge in [0, 0.05) is 35.7 Å². The molecule has 5 rings (SSSR count). The van der Waals surface area contributed by atoms with Crippen LogP contribution in [-0.4, -0.2) is 37.2 Å². The number of hydrogen-bond donors (Lipinski definition) is 0. The summed E-state index contributed by atoms with van der Waals surface area (Å²) in [4.78, 5) is 20.8. The minimum Gasteiger partial charge on any atom is -0.305 e. The van der Waals surface area contributed by atoms with Crippen molar-refractivity contribution >= 4 is 35.1 Å². The molecule has 8 heteroatoms. The van der Waals surface area contributed by atoms with E-state index < -0.39 is 0 Å². The summed E-state index contributed by atoms with van der Waals surface area (Å²) >= 11 is 3.20. The van der Waals surface area contributed by atoms with Crippen molar-refractivity contribution in [2.24, 2.45) is 7.05 Å². The summed E-state index contributed by atoms with van der Waals surface area (Å²) in [5.74, 6) is 1.89. The molecule has 1 atom stereocenters. The van der Waals surface area contributed by atoms with Gasteiger partial charge in [0.2, 0.25) is 5.91 Å². The maximum absolute atomic E-state index is 13.5. The Labute approximate surface area is 195 Å². The van der Waals surface area contributed by atoms with Gasteiger partial charge < -0.3 is 9.47 Å². The maximum atomic E-state index is 13.5. The van der Waals surface area contributed by atoms with Crippen LogP contribution in [0.25, 0.3) is 11.4 Å². The van der Waals surface area contributed by atoms with E-state index in [1.54, 1.807) is 24.2 Å². The van der Waals surface area contributed by atoms with Gasteiger partial charge in [0.15, 0.2) is 11.0 Å². The molecule has 4 aromatic rings. The Hall–Kier alpha value is -3.10. The van der Waals surface area contributed by atoms with Crippen LogP contribution in [0.1, 0.15) is 11.6 Å². The highest BCUT2D eigenvalue weighted by atomic mass is 32.2. The summed E-state index contributed by atoms with van der Waals surface area (Å²) < 4.78 is 1.91. The van der Waals surface area contributed by atoms with Crippen LogP contribution in [0.4, 0.5) is 5.69 Å². The van der Waals surface area contributed by atoms with Crippen molar-refractivity contribution in [1.82, 2.24) is 19.7 Å². The van der Waals surface area contributed by atoms with Crippen LogP contribution in [0.15, 0.2) is 89.2 Å². The summed E-state index contributed by atoms with van der Waals surface area (Å²) in [7, 11) is 1.91. The van der Waals surface area contributed by atoms with Gasteiger partial charge in [-0.1, -0.05) is 54.2 Å². The molecule has 1 aliphatic rings. The number of thioether (sulfide) groups is 2. The quantitative estimate of drug-likeness (QED) is 0.398. The van der Waals surface area contributed by atoms with Gasteiger partial charge in [-0.25, -0.2) is 0 Å². The lowest BCUT2D eigenvalue weighted by Gasteiger charge is -2.37. The first-order valence-electron chi connectivity index (χ1n) is 10.2. The Balaban J connectivity index is 1.39. The first kappa shape index (κ1) is 20.8. The molecule has 0 spiro atoms. The molecule has 0 bridgehead atoms. The number of nitrogens with zero attached hydrogens (tertiary/aromatic N) is 5. The highest BCUT2D eigenvalue weighted by molar-refractivity contribution is 8.00. The number of rotatable bonds is 5. The topological polar surface area (TPSA) is 63.9 Å². The number of carbonyl (C=O) groups is 1. The second-order valence-corrected chi connectivity index (χ2v) is 9.37. The molecule has 32 heavy (non-hydrogen) atoms. The van der Waals surface area contributed by atoms with Crippen molar-refractivity contribution in [2.75, 3.05) is 16.4 Å². The molecule has 2 aromatic carbocycles. The van der Waals surface area contributed by atoms with Crippen molar-refractivity contribution in [3.05, 3.63) is 84.7 Å². The predicted octanol–water partition coefficient (Wildman–Crippen LogP) is 4.85. The van der Waals surface area contributed by atoms with E-state index in [9.17, 15) is 4.79 Å². The third kappa shape index (κ3) is 4.03. The number of fused-ring (bicyclic) bond motifs is 1. The normalized spacial score (nSPS) is 15.4. The van der Waals surface area contributed by atoms with Crippen LogP contribution in [-0.2, 0) is 11.8 Å². The fraction of sp³-hybridized carbons (Fsp3) is 0.167. The van der Waals surface area contributed by atoms with Crippen molar-refractivity contribution in [2.45, 2.75) is 16.1 Å². The van der Waals surface area contributed by atoms with Gasteiger partial charge in [0.05, 0.1) is 17.5 Å². The van der Waals surface area contributed by atoms with E-state index in [-0.39, 0.29) is 17.7 Å². The minimum atomic E-state index is -0.00495. The molecule has 0 N–H and O–H groups in total. The van der Waals surface area contributed by atoms with Crippen LogP contribution in [0.5, 0.6) is 0 Å². The summed E-state index contributed by atoms with van der Waals surface area (Å²) in [5.41, 5.74) is 3.01. The SMILES string of the molecule is Cn1c(SCC(=O)N2c3ccccc3SC[C@@H]2c2ccccc2)nnc1-c1cccnc1. The number of benzene rings is 2. The average Bonchev–Trinajstić information content (AvgIpc) is 3.23. The Morgan fingerprint density at radius 3 is 2.69 bits per heavy atom. The van der Waals surface area contributed by atoms with E-state index in [4.69, 9.17) is 0 Å². The lowest BCUT2D eigenvalue weighted by molar-refractivity contribution is -0.116. The van der Waals surface area contributed by atoms with Gasteiger partial charge in [-0.05, 0) is 29.8 Å². The monoisotopic (exact) mass is 459 g/mol. The molecule has 0 fully saturated rings. The zero-order valence-electron chi connectivity index (χ0n) is 17.5. The minimum absolute atomic E-state index is 0.00495. The number of hydrogen-bond acceptors (Lipinski definition) is 6. The molecule has 0 aliphatic carbocycles. The van der Waals surface area contributed by atoms with Crippen LogP contribution in [0, 0.1) is 0 Å². The Morgan fingerprint density at radius 2 is 1.88 bits per heavy atom. The van der Waals surface area contributed by atoms with E-state index >= 15 is 0 Å². The lowest BCUT2D eigenvalue weighted by Crippen LogP contribution is -2.39. The van der Waals surface area contributed by atoms with Crippen molar-refractivity contribution in [3.8, 4) is 11.4 Å². The molecule has 6 nitrogen and oxygen atoms in total. The van der Waals surface area contributed by atoms with Gasteiger partial charge in [-0.3, -0.25) is 9.78 Å². The van der Waals surface area contributed by atoms with E-state index in [2.05, 4.69) is 33.4 Å². The van der Waals surface area contributed by atoms with Gasteiger partial charge in [-0.15, -0.1) is 22.0 Å². The Kier molecular flexibility index (Phi) is 5.96. The maximum Gasteiger partial charge on any atom is 0.238 e. The fourth-order valence-electron chi connectivity index (χ4n) is 3.80. The van der Waals surface area contributed by atoms with E-state index in [0.717, 1.165) is 33.3 Å². The molecule has 160 valence electrons. The summed E-state index contributed by atoms with van der Waals surface area (Å²) in [6.07, 6.45) is 3.49. The summed E-state index contributed by atoms with van der Waals surface area (Å²) in [6, 6.07) is 22.2. The van der Waals surface area contributed by atoms with Crippen LogP contribution in [0.3, 0.4) is 0 Å². The van der Waals surface area contributed by atoms with Gasteiger partial charge in [-0.2, -0.15) is 0 Å². The molecular weight excluding hydrogens is 438 g/mol. The Morgan fingerprint density at radius 1 is 1.06 bits per heavy atom. The van der Waals surface area contributed by atoms with E-state index in [1.807, 2.05) is 65.0 Å². The molecule has 2 aromatic heterocycles. The molecule has 1 aliphatic heterocycles. The third-order valence-electron chi connectivity index (χ3n) is 5.37. The number of anilines is 1. The molecule has 0 saturated carbocycles. The fourth-order valence-corrected chi connectivity index (χ4v) is 5.74. The second-order valence-electron chi connectivity index (χ2n) is 7.36.